The van der Waals surface area contributed by atoms with Crippen LogP contribution in [0.15, 0.2) is 48.7 Å². The van der Waals surface area contributed by atoms with Crippen molar-refractivity contribution in [1.82, 2.24) is 19.9 Å². The minimum Gasteiger partial charge on any atom is -0.447 e. The molecule has 5 rings (SSSR count). The molecule has 0 bridgehead atoms. The lowest BCUT2D eigenvalue weighted by atomic mass is 10.1. The van der Waals surface area contributed by atoms with Gasteiger partial charge in [0, 0.05) is 37.1 Å². The molecule has 0 saturated carbocycles. The van der Waals surface area contributed by atoms with Crippen molar-refractivity contribution >= 4 is 40.9 Å². The first-order valence-corrected chi connectivity index (χ1v) is 11.8. The Labute approximate surface area is 209 Å². The summed E-state index contributed by atoms with van der Waals surface area (Å²) in [6.07, 6.45) is 1.03. The molecule has 0 unspecified atom stereocenters. The van der Waals surface area contributed by atoms with Gasteiger partial charge in [-0.05, 0) is 50.4 Å². The number of piperazine rings is 1. The van der Waals surface area contributed by atoms with Crippen LogP contribution in [0.3, 0.4) is 0 Å². The fourth-order valence-electron chi connectivity index (χ4n) is 4.37. The third kappa shape index (κ3) is 4.99. The van der Waals surface area contributed by atoms with E-state index in [-0.39, 0.29) is 5.56 Å². The van der Waals surface area contributed by atoms with E-state index in [1.165, 1.54) is 16.8 Å². The molecular weight excluding hydrogens is 458 g/mol. The number of cyclic esters (lactones) is 1. The summed E-state index contributed by atoms with van der Waals surface area (Å²) in [6.45, 7) is 6.07. The van der Waals surface area contributed by atoms with Gasteiger partial charge in [0.15, 0.2) is 5.82 Å². The topological polar surface area (TPSA) is 123 Å². The van der Waals surface area contributed by atoms with Crippen molar-refractivity contribution in [3.8, 4) is 6.07 Å². The number of aromatic nitrogens is 3. The minimum absolute atomic E-state index is 0.271. The first kappa shape index (κ1) is 23.3. The first-order chi connectivity index (χ1) is 17.5. The summed E-state index contributed by atoms with van der Waals surface area (Å²) in [5.74, 6) is 1.56. The third-order valence-corrected chi connectivity index (χ3v) is 6.21. The van der Waals surface area contributed by atoms with Crippen molar-refractivity contribution in [3.63, 3.8) is 0 Å². The van der Waals surface area contributed by atoms with Crippen molar-refractivity contribution in [3.05, 3.63) is 54.2 Å². The van der Waals surface area contributed by atoms with Crippen molar-refractivity contribution in [2.75, 3.05) is 60.3 Å². The fraction of sp³-hybridized carbons (Fsp3) is 0.320. The van der Waals surface area contributed by atoms with Gasteiger partial charge in [0.05, 0.1) is 12.7 Å². The summed E-state index contributed by atoms with van der Waals surface area (Å²) in [6, 6.07) is 15.9. The molecule has 2 aromatic heterocycles. The molecule has 0 aliphatic carbocycles. The summed E-state index contributed by atoms with van der Waals surface area (Å²) in [5, 5.41) is 15.8. The second-order valence-electron chi connectivity index (χ2n) is 8.82. The number of hydrogen-bond acceptors (Lipinski definition) is 10. The van der Waals surface area contributed by atoms with E-state index >= 15 is 0 Å². The molecular formula is C25H27N9O2. The number of amides is 1. The highest BCUT2D eigenvalue weighted by molar-refractivity contribution is 5.88. The third-order valence-electron chi connectivity index (χ3n) is 6.21. The van der Waals surface area contributed by atoms with Crippen LogP contribution in [-0.2, 0) is 4.74 Å². The van der Waals surface area contributed by atoms with Crippen LogP contribution in [0.4, 0.5) is 39.6 Å². The predicted molar refractivity (Wildman–Crippen MR) is 137 cm³/mol. The van der Waals surface area contributed by atoms with Crippen molar-refractivity contribution in [1.29, 1.82) is 5.26 Å². The molecule has 11 nitrogen and oxygen atoms in total. The highest BCUT2D eigenvalue weighted by atomic mass is 16.6. The summed E-state index contributed by atoms with van der Waals surface area (Å²) in [5.41, 5.74) is 2.29. The highest BCUT2D eigenvalue weighted by Gasteiger charge is 2.25. The second-order valence-corrected chi connectivity index (χ2v) is 8.82. The van der Waals surface area contributed by atoms with Gasteiger partial charge in [-0.2, -0.15) is 10.2 Å². The number of nitrogens with zero attached hydrogens (tertiary/aromatic N) is 7. The van der Waals surface area contributed by atoms with E-state index in [0.29, 0.717) is 42.6 Å². The van der Waals surface area contributed by atoms with Gasteiger partial charge in [0.1, 0.15) is 29.9 Å². The van der Waals surface area contributed by atoms with Crippen LogP contribution in [0.2, 0.25) is 0 Å². The zero-order valence-electron chi connectivity index (χ0n) is 20.2. The average Bonchev–Trinajstić information content (AvgIpc) is 3.31. The quantitative estimate of drug-likeness (QED) is 0.537. The Bertz CT molecular complexity index is 1290. The van der Waals surface area contributed by atoms with E-state index in [2.05, 4.69) is 67.6 Å². The van der Waals surface area contributed by atoms with Gasteiger partial charge in [-0.1, -0.05) is 6.07 Å². The Balaban J connectivity index is 1.31. The lowest BCUT2D eigenvalue weighted by Crippen LogP contribution is -2.50. The van der Waals surface area contributed by atoms with Crippen molar-refractivity contribution in [2.24, 2.45) is 0 Å². The van der Waals surface area contributed by atoms with E-state index < -0.39 is 6.09 Å². The molecule has 2 aliphatic rings. The van der Waals surface area contributed by atoms with E-state index in [9.17, 15) is 10.1 Å². The fourth-order valence-corrected chi connectivity index (χ4v) is 4.37. The number of carbonyl (C=O) groups excluding carboxylic acids is 1. The Morgan fingerprint density at radius 3 is 2.64 bits per heavy atom. The number of nitriles is 1. The van der Waals surface area contributed by atoms with E-state index in [1.807, 2.05) is 12.1 Å². The van der Waals surface area contributed by atoms with Crippen LogP contribution in [-0.4, -0.2) is 71.8 Å². The number of hydrogen-bond donors (Lipinski definition) is 2. The Morgan fingerprint density at radius 1 is 1.08 bits per heavy atom. The number of pyridine rings is 1. The monoisotopic (exact) mass is 485 g/mol. The van der Waals surface area contributed by atoms with Gasteiger partial charge in [0.25, 0.3) is 0 Å². The molecule has 184 valence electrons. The number of rotatable bonds is 6. The number of carbonyl (C=O) groups is 1. The maximum absolute atomic E-state index is 11.9. The van der Waals surface area contributed by atoms with Gasteiger partial charge in [-0.3, -0.25) is 4.90 Å². The SMILES string of the molecule is C[C@@H]1CN(C)CCN1c1ccc(Nc2ncc(C#N)c(Nc3cccc(N4CCOC4=O)n3)n2)cc1. The van der Waals surface area contributed by atoms with E-state index in [1.54, 1.807) is 18.2 Å². The average molecular weight is 486 g/mol. The number of nitrogens with one attached hydrogen (secondary N) is 2. The van der Waals surface area contributed by atoms with Crippen LogP contribution in [0.1, 0.15) is 12.5 Å². The van der Waals surface area contributed by atoms with Gasteiger partial charge in [-0.15, -0.1) is 0 Å². The normalized spacial score (nSPS) is 18.0. The molecule has 4 heterocycles. The first-order valence-electron chi connectivity index (χ1n) is 11.8. The molecule has 11 heteroatoms. The summed E-state index contributed by atoms with van der Waals surface area (Å²) >= 11 is 0. The van der Waals surface area contributed by atoms with Gasteiger partial charge >= 0.3 is 6.09 Å². The summed E-state index contributed by atoms with van der Waals surface area (Å²) in [4.78, 5) is 31.3. The summed E-state index contributed by atoms with van der Waals surface area (Å²) in [7, 11) is 2.15. The van der Waals surface area contributed by atoms with Crippen LogP contribution in [0, 0.1) is 11.3 Å². The number of likely N-dealkylation sites (N-methyl/N-ethyl adjacent to an activating group) is 1. The smallest absolute Gasteiger partial charge is 0.415 e. The largest absolute Gasteiger partial charge is 0.447 e. The van der Waals surface area contributed by atoms with Crippen LogP contribution in [0.25, 0.3) is 0 Å². The molecule has 3 aromatic rings. The van der Waals surface area contributed by atoms with E-state index in [0.717, 1.165) is 25.3 Å². The molecule has 1 atom stereocenters. The molecule has 2 fully saturated rings. The zero-order chi connectivity index (χ0) is 25.1. The molecule has 1 amide bonds. The lowest BCUT2D eigenvalue weighted by molar-refractivity contribution is 0.181. The highest BCUT2D eigenvalue weighted by Crippen LogP contribution is 2.25. The van der Waals surface area contributed by atoms with Crippen LogP contribution in [0.5, 0.6) is 0 Å². The molecule has 36 heavy (non-hydrogen) atoms. The molecule has 1 aromatic carbocycles. The maximum Gasteiger partial charge on any atom is 0.415 e. The molecule has 2 aliphatic heterocycles. The Morgan fingerprint density at radius 2 is 1.92 bits per heavy atom. The van der Waals surface area contributed by atoms with Gasteiger partial charge in [0.2, 0.25) is 5.95 Å². The summed E-state index contributed by atoms with van der Waals surface area (Å²) < 4.78 is 4.99. The van der Waals surface area contributed by atoms with E-state index in [4.69, 9.17) is 4.74 Å². The standard InChI is InChI=1S/C25H27N9O2/c1-17-16-32(2)10-11-33(17)20-8-6-19(7-9-20)28-24-27-15-18(14-26)23(31-24)30-21-4-3-5-22(29-21)34-12-13-36-25(34)35/h3-9,15,17H,10-13,16H2,1-2H3,(H2,27,28,29,30,31)/t17-/m1/s1. The van der Waals surface area contributed by atoms with Crippen LogP contribution < -0.4 is 20.4 Å². The molecule has 0 radical (unpaired) electrons. The Kier molecular flexibility index (Phi) is 6.51. The number of ether oxygens (including phenoxy) is 1. The molecule has 0 spiro atoms. The number of benzene rings is 1. The predicted octanol–water partition coefficient (Wildman–Crippen LogP) is 3.33. The maximum atomic E-state index is 11.9. The second kappa shape index (κ2) is 10.1. The van der Waals surface area contributed by atoms with Crippen molar-refractivity contribution in [2.45, 2.75) is 13.0 Å². The van der Waals surface area contributed by atoms with Gasteiger partial charge < -0.3 is 25.2 Å². The zero-order valence-corrected chi connectivity index (χ0v) is 20.2. The molecule has 2 saturated heterocycles. The van der Waals surface area contributed by atoms with Crippen LogP contribution >= 0.6 is 0 Å². The minimum atomic E-state index is -0.431. The number of anilines is 6. The Hall–Kier alpha value is -4.43. The molecule has 2 N–H and O–H groups in total. The van der Waals surface area contributed by atoms with Crippen molar-refractivity contribution < 1.29 is 9.53 Å². The van der Waals surface area contributed by atoms with Gasteiger partial charge in [-0.25, -0.2) is 14.8 Å². The lowest BCUT2D eigenvalue weighted by Gasteiger charge is -2.39.